The Kier molecular flexibility index (Phi) is 6.28. The molecule has 2 aromatic rings. The first-order chi connectivity index (χ1) is 11.6. The standard InChI is InChI=1S/C19H24N3O2.BrH/c1-4-10-22(11-13-24-14-12-22)15-18-16(2)20(3)21(19(18)23)17-8-6-5-7-9-17;/h1,5-9H,10-15H2,2-3H3;1H/q+1;/p-1. The molecular weight excluding hydrogens is 382 g/mol. The molecule has 0 spiro atoms. The van der Waals surface area contributed by atoms with Crippen molar-refractivity contribution in [3.05, 3.63) is 51.9 Å². The van der Waals surface area contributed by atoms with E-state index in [4.69, 9.17) is 11.2 Å². The van der Waals surface area contributed by atoms with Crippen LogP contribution in [-0.4, -0.2) is 46.7 Å². The van der Waals surface area contributed by atoms with Crippen molar-refractivity contribution in [2.45, 2.75) is 13.5 Å². The number of quaternary nitrogens is 1. The van der Waals surface area contributed by atoms with E-state index < -0.39 is 0 Å². The molecule has 0 bridgehead atoms. The molecular formula is C19H24BrN3O2. The lowest BCUT2D eigenvalue weighted by molar-refractivity contribution is -0.941. The number of benzene rings is 1. The van der Waals surface area contributed by atoms with Crippen LogP contribution in [0.15, 0.2) is 35.1 Å². The van der Waals surface area contributed by atoms with E-state index in [2.05, 4.69) is 5.92 Å². The molecule has 1 fully saturated rings. The molecule has 0 atom stereocenters. The third-order valence-corrected chi connectivity index (χ3v) is 5.01. The van der Waals surface area contributed by atoms with E-state index in [1.807, 2.05) is 49.0 Å². The summed E-state index contributed by atoms with van der Waals surface area (Å²) in [5.41, 5.74) is 2.76. The smallest absolute Gasteiger partial charge is 0.280 e. The molecule has 1 aliphatic rings. The van der Waals surface area contributed by atoms with Crippen LogP contribution < -0.4 is 22.5 Å². The lowest BCUT2D eigenvalue weighted by Crippen LogP contribution is -3.00. The maximum absolute atomic E-state index is 13.1. The molecule has 0 amide bonds. The van der Waals surface area contributed by atoms with Gasteiger partial charge in [0.05, 0.1) is 24.5 Å². The van der Waals surface area contributed by atoms with Gasteiger partial charge in [-0.2, -0.15) is 0 Å². The average molecular weight is 406 g/mol. The maximum Gasteiger partial charge on any atom is 0.280 e. The summed E-state index contributed by atoms with van der Waals surface area (Å²) in [7, 11) is 1.93. The summed E-state index contributed by atoms with van der Waals surface area (Å²) in [6, 6.07) is 9.73. The van der Waals surface area contributed by atoms with E-state index >= 15 is 0 Å². The highest BCUT2D eigenvalue weighted by Crippen LogP contribution is 2.19. The molecule has 6 heteroatoms. The lowest BCUT2D eigenvalue weighted by Gasteiger charge is -2.39. The van der Waals surface area contributed by atoms with Gasteiger partial charge in [-0.3, -0.25) is 9.48 Å². The molecule has 0 unspecified atom stereocenters. The number of ether oxygens (including phenoxy) is 1. The maximum atomic E-state index is 13.1. The van der Waals surface area contributed by atoms with Crippen molar-refractivity contribution in [1.82, 2.24) is 9.36 Å². The minimum absolute atomic E-state index is 0. The summed E-state index contributed by atoms with van der Waals surface area (Å²) < 4.78 is 9.89. The zero-order valence-electron chi connectivity index (χ0n) is 14.7. The number of morpholine rings is 1. The van der Waals surface area contributed by atoms with Crippen molar-refractivity contribution in [1.29, 1.82) is 0 Å². The van der Waals surface area contributed by atoms with Crippen LogP contribution in [-0.2, 0) is 18.3 Å². The van der Waals surface area contributed by atoms with Crippen LogP contribution in [0.3, 0.4) is 0 Å². The second-order valence-electron chi connectivity index (χ2n) is 6.46. The zero-order valence-corrected chi connectivity index (χ0v) is 16.3. The molecule has 3 rings (SSSR count). The molecule has 2 heterocycles. The summed E-state index contributed by atoms with van der Waals surface area (Å²) >= 11 is 0. The van der Waals surface area contributed by atoms with Gasteiger partial charge in [0, 0.05) is 12.7 Å². The van der Waals surface area contributed by atoms with Crippen LogP contribution in [0.5, 0.6) is 0 Å². The van der Waals surface area contributed by atoms with Crippen molar-refractivity contribution in [2.75, 3.05) is 32.8 Å². The number of hydrogen-bond donors (Lipinski definition) is 0. The van der Waals surface area contributed by atoms with Crippen molar-refractivity contribution in [3.8, 4) is 18.0 Å². The van der Waals surface area contributed by atoms with E-state index in [0.29, 0.717) is 26.3 Å². The van der Waals surface area contributed by atoms with E-state index in [0.717, 1.165) is 34.5 Å². The van der Waals surface area contributed by atoms with Gasteiger partial charge in [-0.1, -0.05) is 18.2 Å². The third-order valence-electron chi connectivity index (χ3n) is 5.01. The van der Waals surface area contributed by atoms with Crippen molar-refractivity contribution < 1.29 is 26.2 Å². The third kappa shape index (κ3) is 3.74. The summed E-state index contributed by atoms with van der Waals surface area (Å²) in [5.74, 6) is 2.79. The number of terminal acetylenes is 1. The van der Waals surface area contributed by atoms with E-state index in [-0.39, 0.29) is 22.5 Å². The molecule has 0 saturated carbocycles. The predicted molar refractivity (Wildman–Crippen MR) is 94.0 cm³/mol. The van der Waals surface area contributed by atoms with Gasteiger partial charge in [0.15, 0.2) is 0 Å². The fourth-order valence-electron chi connectivity index (χ4n) is 3.44. The molecule has 25 heavy (non-hydrogen) atoms. The summed E-state index contributed by atoms with van der Waals surface area (Å²) in [6.07, 6.45) is 5.61. The van der Waals surface area contributed by atoms with Gasteiger partial charge in [0.25, 0.3) is 5.56 Å². The monoisotopic (exact) mass is 405 g/mol. The van der Waals surface area contributed by atoms with Crippen LogP contribution >= 0.6 is 0 Å². The first-order valence-electron chi connectivity index (χ1n) is 8.27. The molecule has 134 valence electrons. The molecule has 1 aliphatic heterocycles. The van der Waals surface area contributed by atoms with Gasteiger partial charge in [0.1, 0.15) is 26.2 Å². The Balaban J connectivity index is 0.00000225. The van der Waals surface area contributed by atoms with E-state index in [1.165, 1.54) is 0 Å². The van der Waals surface area contributed by atoms with Crippen LogP contribution in [0, 0.1) is 19.3 Å². The topological polar surface area (TPSA) is 36.2 Å². The molecule has 0 aliphatic carbocycles. The molecule has 5 nitrogen and oxygen atoms in total. The second kappa shape index (κ2) is 8.05. The Morgan fingerprint density at radius 2 is 1.88 bits per heavy atom. The molecule has 1 aromatic carbocycles. The van der Waals surface area contributed by atoms with Crippen molar-refractivity contribution in [3.63, 3.8) is 0 Å². The highest BCUT2D eigenvalue weighted by atomic mass is 79.9. The Morgan fingerprint density at radius 1 is 1.24 bits per heavy atom. The van der Waals surface area contributed by atoms with E-state index in [9.17, 15) is 4.79 Å². The Bertz CT molecular complexity index is 812. The SMILES string of the molecule is C#CC[N+]1(Cc2c(C)n(C)n(-c3ccccc3)c2=O)CCOCC1.[Br-]. The first kappa shape index (κ1) is 19.5. The van der Waals surface area contributed by atoms with Crippen molar-refractivity contribution >= 4 is 0 Å². The zero-order chi connectivity index (χ0) is 17.2. The minimum atomic E-state index is 0. The van der Waals surface area contributed by atoms with E-state index in [1.54, 1.807) is 4.68 Å². The van der Waals surface area contributed by atoms with Crippen LogP contribution in [0.25, 0.3) is 5.69 Å². The number of hydrogen-bond acceptors (Lipinski definition) is 2. The summed E-state index contributed by atoms with van der Waals surface area (Å²) in [4.78, 5) is 13.1. The van der Waals surface area contributed by atoms with Gasteiger partial charge in [-0.05, 0) is 25.0 Å². The number of aromatic nitrogens is 2. The van der Waals surface area contributed by atoms with Gasteiger partial charge < -0.3 is 26.2 Å². The Morgan fingerprint density at radius 3 is 2.48 bits per heavy atom. The van der Waals surface area contributed by atoms with Gasteiger partial charge in [-0.15, -0.1) is 6.42 Å². The minimum Gasteiger partial charge on any atom is -1.00 e. The number of para-hydroxylation sites is 1. The molecule has 1 saturated heterocycles. The Labute approximate surface area is 159 Å². The highest BCUT2D eigenvalue weighted by molar-refractivity contribution is 5.33. The Hall–Kier alpha value is -1.81. The van der Waals surface area contributed by atoms with Crippen molar-refractivity contribution in [2.24, 2.45) is 7.05 Å². The van der Waals surface area contributed by atoms with Gasteiger partial charge in [-0.25, -0.2) is 4.68 Å². The number of rotatable bonds is 4. The van der Waals surface area contributed by atoms with Crippen LogP contribution in [0.2, 0.25) is 0 Å². The van der Waals surface area contributed by atoms with Gasteiger partial charge in [0.2, 0.25) is 0 Å². The molecule has 0 N–H and O–H groups in total. The fourth-order valence-corrected chi connectivity index (χ4v) is 3.44. The lowest BCUT2D eigenvalue weighted by atomic mass is 10.2. The number of nitrogens with zero attached hydrogens (tertiary/aromatic N) is 3. The van der Waals surface area contributed by atoms with Crippen LogP contribution in [0.1, 0.15) is 11.3 Å². The fraction of sp³-hybridized carbons (Fsp3) is 0.421. The number of halogens is 1. The molecule has 0 radical (unpaired) electrons. The normalized spacial score (nSPS) is 16.0. The first-order valence-corrected chi connectivity index (χ1v) is 8.27. The highest BCUT2D eigenvalue weighted by Gasteiger charge is 2.33. The summed E-state index contributed by atoms with van der Waals surface area (Å²) in [6.45, 7) is 6.38. The predicted octanol–water partition coefficient (Wildman–Crippen LogP) is -1.53. The summed E-state index contributed by atoms with van der Waals surface area (Å²) in [5, 5.41) is 0. The second-order valence-corrected chi connectivity index (χ2v) is 6.46. The average Bonchev–Trinajstić information content (AvgIpc) is 2.80. The van der Waals surface area contributed by atoms with Gasteiger partial charge >= 0.3 is 0 Å². The quantitative estimate of drug-likeness (QED) is 0.457. The molecule has 1 aromatic heterocycles. The largest absolute Gasteiger partial charge is 1.00 e. The van der Waals surface area contributed by atoms with Crippen LogP contribution in [0.4, 0.5) is 0 Å².